The van der Waals surface area contributed by atoms with E-state index < -0.39 is 11.6 Å². The van der Waals surface area contributed by atoms with Crippen molar-refractivity contribution < 1.29 is 13.6 Å². The van der Waals surface area contributed by atoms with Crippen molar-refractivity contribution in [3.63, 3.8) is 0 Å². The number of rotatable bonds is 6. The molecule has 0 radical (unpaired) electrons. The number of amides is 1. The van der Waals surface area contributed by atoms with E-state index in [0.717, 1.165) is 29.8 Å². The first kappa shape index (κ1) is 20.7. The topological polar surface area (TPSA) is 59.8 Å². The minimum absolute atomic E-state index is 0.0868. The minimum atomic E-state index is -0.718. The molecule has 0 bridgehead atoms. The van der Waals surface area contributed by atoms with E-state index in [1.165, 1.54) is 0 Å². The van der Waals surface area contributed by atoms with Gasteiger partial charge in [0.25, 0.3) is 5.91 Å². The monoisotopic (exact) mass is 420 g/mol. The number of hydrogen-bond donors (Lipinski definition) is 1. The van der Waals surface area contributed by atoms with Crippen LogP contribution in [0.25, 0.3) is 11.0 Å². The first-order chi connectivity index (χ1) is 15.0. The largest absolute Gasteiger partial charge is 0.345 e. The van der Waals surface area contributed by atoms with Crippen LogP contribution in [-0.2, 0) is 6.54 Å². The number of nitrogens with zero attached hydrogens (tertiary/aromatic N) is 3. The fourth-order valence-electron chi connectivity index (χ4n) is 3.65. The van der Waals surface area contributed by atoms with Gasteiger partial charge in [0, 0.05) is 11.6 Å². The molecular weight excluding hydrogens is 398 g/mol. The third kappa shape index (κ3) is 4.30. The second-order valence-corrected chi connectivity index (χ2v) is 7.38. The van der Waals surface area contributed by atoms with E-state index in [1.807, 2.05) is 37.3 Å². The van der Waals surface area contributed by atoms with Gasteiger partial charge in [-0.05, 0) is 37.1 Å². The van der Waals surface area contributed by atoms with Crippen LogP contribution in [0.4, 0.5) is 8.78 Å². The summed E-state index contributed by atoms with van der Waals surface area (Å²) >= 11 is 0. The fourth-order valence-corrected chi connectivity index (χ4v) is 3.65. The van der Waals surface area contributed by atoms with E-state index in [-0.39, 0.29) is 24.2 Å². The highest BCUT2D eigenvalue weighted by atomic mass is 19.1. The Labute approximate surface area is 178 Å². The van der Waals surface area contributed by atoms with Crippen molar-refractivity contribution in [3.8, 4) is 0 Å². The Morgan fingerprint density at radius 1 is 1.13 bits per heavy atom. The standard InChI is InChI=1S/C24H22F2N4O/c1-3-20(16-7-5-4-6-8-16)29-24(31)17-9-10-23-21(11-17)28-15(2)30(23)14-22-19(26)12-18(25)13-27-22/h4-13,20H,3,14H2,1-2H3,(H,29,31). The summed E-state index contributed by atoms with van der Waals surface area (Å²) in [6, 6.07) is 15.8. The molecule has 1 amide bonds. The number of pyridine rings is 1. The van der Waals surface area contributed by atoms with Gasteiger partial charge in [0.05, 0.1) is 35.5 Å². The third-order valence-electron chi connectivity index (χ3n) is 5.31. The molecule has 0 saturated heterocycles. The molecule has 4 rings (SSSR count). The van der Waals surface area contributed by atoms with Crippen LogP contribution in [0.5, 0.6) is 0 Å². The highest BCUT2D eigenvalue weighted by molar-refractivity contribution is 5.97. The normalized spacial score (nSPS) is 12.1. The zero-order valence-electron chi connectivity index (χ0n) is 17.3. The average molecular weight is 420 g/mol. The second kappa shape index (κ2) is 8.63. The van der Waals surface area contributed by atoms with Crippen molar-refractivity contribution >= 4 is 16.9 Å². The molecule has 1 unspecified atom stereocenters. The Morgan fingerprint density at radius 2 is 1.90 bits per heavy atom. The maximum Gasteiger partial charge on any atom is 0.251 e. The molecule has 1 N–H and O–H groups in total. The van der Waals surface area contributed by atoms with Gasteiger partial charge in [-0.2, -0.15) is 0 Å². The molecule has 0 aliphatic rings. The number of fused-ring (bicyclic) bond motifs is 1. The summed E-state index contributed by atoms with van der Waals surface area (Å²) in [7, 11) is 0. The van der Waals surface area contributed by atoms with Gasteiger partial charge in [0.15, 0.2) is 0 Å². The number of carbonyl (C=O) groups is 1. The Hall–Kier alpha value is -3.61. The molecule has 158 valence electrons. The summed E-state index contributed by atoms with van der Waals surface area (Å²) < 4.78 is 29.0. The molecule has 31 heavy (non-hydrogen) atoms. The summed E-state index contributed by atoms with van der Waals surface area (Å²) in [6.45, 7) is 3.93. The average Bonchev–Trinajstić information content (AvgIpc) is 3.08. The first-order valence-electron chi connectivity index (χ1n) is 10.1. The smallest absolute Gasteiger partial charge is 0.251 e. The van der Waals surface area contributed by atoms with Crippen LogP contribution >= 0.6 is 0 Å². The Bertz CT molecular complexity index is 1240. The van der Waals surface area contributed by atoms with Crippen molar-refractivity contribution in [1.29, 1.82) is 0 Å². The maximum absolute atomic E-state index is 14.0. The zero-order valence-corrected chi connectivity index (χ0v) is 17.3. The SMILES string of the molecule is CCC(NC(=O)c1ccc2c(c1)nc(C)n2Cc1ncc(F)cc1F)c1ccccc1. The molecular formula is C24H22F2N4O. The van der Waals surface area contributed by atoms with Gasteiger partial charge in [-0.25, -0.2) is 13.8 Å². The zero-order chi connectivity index (χ0) is 22.0. The summed E-state index contributed by atoms with van der Waals surface area (Å²) in [5, 5.41) is 3.07. The summed E-state index contributed by atoms with van der Waals surface area (Å²) in [5.41, 5.74) is 3.04. The number of hydrogen-bond acceptors (Lipinski definition) is 3. The lowest BCUT2D eigenvalue weighted by Crippen LogP contribution is -2.28. The van der Waals surface area contributed by atoms with Crippen LogP contribution in [0.1, 0.15) is 46.8 Å². The van der Waals surface area contributed by atoms with Gasteiger partial charge in [-0.3, -0.25) is 9.78 Å². The highest BCUT2D eigenvalue weighted by Gasteiger charge is 2.17. The summed E-state index contributed by atoms with van der Waals surface area (Å²) in [4.78, 5) is 21.2. The molecule has 2 aromatic carbocycles. The van der Waals surface area contributed by atoms with Crippen LogP contribution < -0.4 is 5.32 Å². The van der Waals surface area contributed by atoms with Crippen molar-refractivity contribution in [1.82, 2.24) is 19.9 Å². The summed E-state index contributed by atoms with van der Waals surface area (Å²) in [5.74, 6) is -0.960. The van der Waals surface area contributed by atoms with Crippen LogP contribution in [0, 0.1) is 18.6 Å². The van der Waals surface area contributed by atoms with E-state index in [2.05, 4.69) is 15.3 Å². The molecule has 0 saturated carbocycles. The Kier molecular flexibility index (Phi) is 5.75. The van der Waals surface area contributed by atoms with E-state index in [4.69, 9.17) is 0 Å². The number of aromatic nitrogens is 3. The van der Waals surface area contributed by atoms with Gasteiger partial charge in [0.2, 0.25) is 0 Å². The maximum atomic E-state index is 14.0. The van der Waals surface area contributed by atoms with E-state index in [1.54, 1.807) is 29.7 Å². The highest BCUT2D eigenvalue weighted by Crippen LogP contribution is 2.21. The number of benzene rings is 2. The van der Waals surface area contributed by atoms with Crippen molar-refractivity contribution in [3.05, 3.63) is 95.1 Å². The third-order valence-corrected chi connectivity index (χ3v) is 5.31. The van der Waals surface area contributed by atoms with Gasteiger partial charge in [0.1, 0.15) is 17.5 Å². The number of nitrogens with one attached hydrogen (secondary N) is 1. The number of carbonyl (C=O) groups excluding carboxylic acids is 1. The molecule has 5 nitrogen and oxygen atoms in total. The Balaban J connectivity index is 1.59. The van der Waals surface area contributed by atoms with E-state index in [9.17, 15) is 13.6 Å². The van der Waals surface area contributed by atoms with Crippen molar-refractivity contribution in [2.24, 2.45) is 0 Å². The Morgan fingerprint density at radius 3 is 2.61 bits per heavy atom. The fraction of sp³-hybridized carbons (Fsp3) is 0.208. The summed E-state index contributed by atoms with van der Waals surface area (Å²) in [6.07, 6.45) is 1.76. The molecule has 4 aromatic rings. The molecule has 2 aromatic heterocycles. The van der Waals surface area contributed by atoms with E-state index >= 15 is 0 Å². The molecule has 0 aliphatic heterocycles. The molecule has 0 aliphatic carbocycles. The van der Waals surface area contributed by atoms with Crippen LogP contribution in [0.15, 0.2) is 60.8 Å². The predicted octanol–water partition coefficient (Wildman–Crippen LogP) is 4.95. The molecule has 0 fully saturated rings. The lowest BCUT2D eigenvalue weighted by molar-refractivity contribution is 0.0935. The lowest BCUT2D eigenvalue weighted by Gasteiger charge is -2.17. The molecule has 0 spiro atoms. The minimum Gasteiger partial charge on any atom is -0.345 e. The first-order valence-corrected chi connectivity index (χ1v) is 10.1. The van der Waals surface area contributed by atoms with Crippen LogP contribution in [0.3, 0.4) is 0 Å². The molecule has 7 heteroatoms. The lowest BCUT2D eigenvalue weighted by atomic mass is 10.0. The van der Waals surface area contributed by atoms with Crippen molar-refractivity contribution in [2.45, 2.75) is 32.9 Å². The van der Waals surface area contributed by atoms with Crippen LogP contribution in [0.2, 0.25) is 0 Å². The molecule has 2 heterocycles. The van der Waals surface area contributed by atoms with Crippen molar-refractivity contribution in [2.75, 3.05) is 0 Å². The van der Waals surface area contributed by atoms with Gasteiger partial charge in [-0.1, -0.05) is 37.3 Å². The number of imidazole rings is 1. The second-order valence-electron chi connectivity index (χ2n) is 7.38. The van der Waals surface area contributed by atoms with Gasteiger partial charge in [-0.15, -0.1) is 0 Å². The molecule has 1 atom stereocenters. The number of halogens is 2. The van der Waals surface area contributed by atoms with Crippen LogP contribution in [-0.4, -0.2) is 20.4 Å². The van der Waals surface area contributed by atoms with E-state index in [0.29, 0.717) is 16.9 Å². The number of aryl methyl sites for hydroxylation is 1. The van der Waals surface area contributed by atoms with Gasteiger partial charge < -0.3 is 9.88 Å². The van der Waals surface area contributed by atoms with Gasteiger partial charge >= 0.3 is 0 Å². The quantitative estimate of drug-likeness (QED) is 0.480. The predicted molar refractivity (Wildman–Crippen MR) is 115 cm³/mol.